The minimum Gasteiger partial charge on any atom is -0.491 e. The van der Waals surface area contributed by atoms with E-state index >= 15 is 0 Å². The summed E-state index contributed by atoms with van der Waals surface area (Å²) in [6.45, 7) is 1.16. The summed E-state index contributed by atoms with van der Waals surface area (Å²) in [5, 5.41) is 0. The molecule has 4 nitrogen and oxygen atoms in total. The van der Waals surface area contributed by atoms with E-state index in [4.69, 9.17) is 14.2 Å². The van der Waals surface area contributed by atoms with Crippen LogP contribution in [0.1, 0.15) is 0 Å². The van der Waals surface area contributed by atoms with Crippen LogP contribution in [0.5, 0.6) is 11.5 Å². The van der Waals surface area contributed by atoms with E-state index < -0.39 is 17.9 Å². The first-order valence-corrected chi connectivity index (χ1v) is 5.67. The Morgan fingerprint density at radius 3 is 2.40 bits per heavy atom. The molecule has 0 aliphatic carbocycles. The molecule has 0 aliphatic heterocycles. The van der Waals surface area contributed by atoms with Crippen molar-refractivity contribution in [2.75, 3.05) is 33.5 Å². The van der Waals surface area contributed by atoms with E-state index in [1.54, 1.807) is 0 Å². The molecule has 8 heteroatoms. The van der Waals surface area contributed by atoms with Gasteiger partial charge in [-0.1, -0.05) is 0 Å². The second-order valence-corrected chi connectivity index (χ2v) is 3.59. The molecular formula is C12H14F4O4. The summed E-state index contributed by atoms with van der Waals surface area (Å²) >= 11 is 0. The molecule has 0 bridgehead atoms. The van der Waals surface area contributed by atoms with Crippen molar-refractivity contribution in [3.63, 3.8) is 0 Å². The monoisotopic (exact) mass is 298 g/mol. The normalized spacial score (nSPS) is 11.4. The number of rotatable bonds is 8. The zero-order chi connectivity index (χ0) is 15.0. The van der Waals surface area contributed by atoms with E-state index in [-0.39, 0.29) is 19.0 Å². The molecular weight excluding hydrogens is 284 g/mol. The molecule has 0 fully saturated rings. The number of methoxy groups -OCH3 is 1. The summed E-state index contributed by atoms with van der Waals surface area (Å²) in [6.07, 6.45) is -4.96. The van der Waals surface area contributed by atoms with Crippen molar-refractivity contribution in [3.05, 3.63) is 24.0 Å². The number of ether oxygens (including phenoxy) is 4. The highest BCUT2D eigenvalue weighted by atomic mass is 19.4. The fourth-order valence-corrected chi connectivity index (χ4v) is 1.24. The minimum absolute atomic E-state index is 0.0565. The Morgan fingerprint density at radius 1 is 1.05 bits per heavy atom. The zero-order valence-electron chi connectivity index (χ0n) is 10.7. The Morgan fingerprint density at radius 2 is 1.75 bits per heavy atom. The highest BCUT2D eigenvalue weighted by Gasteiger charge is 2.32. The zero-order valence-corrected chi connectivity index (χ0v) is 10.7. The summed E-state index contributed by atoms with van der Waals surface area (Å²) in [5.41, 5.74) is 0. The van der Waals surface area contributed by atoms with Crippen molar-refractivity contribution < 1.29 is 36.5 Å². The lowest BCUT2D eigenvalue weighted by atomic mass is 10.3. The quantitative estimate of drug-likeness (QED) is 0.546. The molecule has 0 heterocycles. The van der Waals surface area contributed by atoms with Crippen LogP contribution in [0.15, 0.2) is 18.2 Å². The molecule has 20 heavy (non-hydrogen) atoms. The van der Waals surface area contributed by atoms with Gasteiger partial charge in [0.1, 0.15) is 12.4 Å². The van der Waals surface area contributed by atoms with Crippen LogP contribution in [-0.4, -0.2) is 39.9 Å². The van der Waals surface area contributed by atoms with Crippen LogP contribution in [0.2, 0.25) is 0 Å². The van der Waals surface area contributed by atoms with Gasteiger partial charge in [0.2, 0.25) is 0 Å². The average Bonchev–Trinajstić information content (AvgIpc) is 2.35. The molecule has 0 unspecified atom stereocenters. The molecule has 0 aliphatic rings. The number of halogens is 4. The van der Waals surface area contributed by atoms with E-state index in [9.17, 15) is 17.6 Å². The lowest BCUT2D eigenvalue weighted by molar-refractivity contribution is -0.275. The van der Waals surface area contributed by atoms with Crippen molar-refractivity contribution in [2.45, 2.75) is 6.36 Å². The van der Waals surface area contributed by atoms with E-state index in [1.807, 2.05) is 0 Å². The molecule has 1 aromatic rings. The Labute approximate surface area is 113 Å². The highest BCUT2D eigenvalue weighted by Crippen LogP contribution is 2.28. The van der Waals surface area contributed by atoms with Crippen molar-refractivity contribution >= 4 is 0 Å². The van der Waals surface area contributed by atoms with E-state index in [1.165, 1.54) is 13.2 Å². The minimum atomic E-state index is -4.96. The van der Waals surface area contributed by atoms with Crippen LogP contribution in [0.4, 0.5) is 17.6 Å². The summed E-state index contributed by atoms with van der Waals surface area (Å²) in [5.74, 6) is -2.00. The van der Waals surface area contributed by atoms with E-state index in [0.29, 0.717) is 13.2 Å². The van der Waals surface area contributed by atoms with Gasteiger partial charge in [0.15, 0.2) is 11.6 Å². The first kappa shape index (κ1) is 16.5. The molecule has 0 amide bonds. The Balaban J connectivity index is 2.45. The second kappa shape index (κ2) is 7.91. The predicted molar refractivity (Wildman–Crippen MR) is 61.3 cm³/mol. The SMILES string of the molecule is COCCOCCOc1ccc(F)c(OC(F)(F)F)c1. The second-order valence-electron chi connectivity index (χ2n) is 3.59. The van der Waals surface area contributed by atoms with Crippen LogP contribution < -0.4 is 9.47 Å². The average molecular weight is 298 g/mol. The first-order chi connectivity index (χ1) is 9.42. The van der Waals surface area contributed by atoms with Crippen LogP contribution >= 0.6 is 0 Å². The largest absolute Gasteiger partial charge is 0.573 e. The first-order valence-electron chi connectivity index (χ1n) is 5.67. The standard InChI is InChI=1S/C12H14F4O4/c1-17-4-5-18-6-7-19-9-2-3-10(13)11(8-9)20-12(14,15)16/h2-3,8H,4-7H2,1H3. The number of hydrogen-bond acceptors (Lipinski definition) is 4. The molecule has 114 valence electrons. The van der Waals surface area contributed by atoms with Crippen molar-refractivity contribution in [1.82, 2.24) is 0 Å². The summed E-state index contributed by atoms with van der Waals surface area (Å²) in [4.78, 5) is 0. The highest BCUT2D eigenvalue weighted by molar-refractivity contribution is 5.34. The fourth-order valence-electron chi connectivity index (χ4n) is 1.24. The van der Waals surface area contributed by atoms with Gasteiger partial charge >= 0.3 is 6.36 Å². The van der Waals surface area contributed by atoms with Crippen LogP contribution in [0, 0.1) is 5.82 Å². The summed E-state index contributed by atoms with van der Waals surface area (Å²) in [6, 6.07) is 2.87. The van der Waals surface area contributed by atoms with Gasteiger partial charge in [0, 0.05) is 13.2 Å². The third-order valence-corrected chi connectivity index (χ3v) is 2.06. The van der Waals surface area contributed by atoms with Gasteiger partial charge in [0.25, 0.3) is 0 Å². The number of benzene rings is 1. The van der Waals surface area contributed by atoms with Crippen molar-refractivity contribution in [1.29, 1.82) is 0 Å². The van der Waals surface area contributed by atoms with Crippen LogP contribution in [0.25, 0.3) is 0 Å². The molecule has 0 saturated heterocycles. The molecule has 0 spiro atoms. The van der Waals surface area contributed by atoms with Gasteiger partial charge in [-0.05, 0) is 12.1 Å². The molecule has 1 rings (SSSR count). The maximum atomic E-state index is 13.1. The van der Waals surface area contributed by atoms with E-state index in [2.05, 4.69) is 4.74 Å². The lowest BCUT2D eigenvalue weighted by Crippen LogP contribution is -2.18. The molecule has 1 aromatic carbocycles. The van der Waals surface area contributed by atoms with Crippen LogP contribution in [-0.2, 0) is 9.47 Å². The molecule has 0 aromatic heterocycles. The number of hydrogen-bond donors (Lipinski definition) is 0. The topological polar surface area (TPSA) is 36.9 Å². The molecule has 0 atom stereocenters. The van der Waals surface area contributed by atoms with Gasteiger partial charge in [-0.15, -0.1) is 13.2 Å². The third-order valence-electron chi connectivity index (χ3n) is 2.06. The fraction of sp³-hybridized carbons (Fsp3) is 0.500. The van der Waals surface area contributed by atoms with Gasteiger partial charge in [-0.25, -0.2) is 4.39 Å². The maximum Gasteiger partial charge on any atom is 0.573 e. The van der Waals surface area contributed by atoms with Gasteiger partial charge in [-0.3, -0.25) is 0 Å². The smallest absolute Gasteiger partial charge is 0.491 e. The van der Waals surface area contributed by atoms with Gasteiger partial charge in [-0.2, -0.15) is 0 Å². The molecule has 0 N–H and O–H groups in total. The Bertz CT molecular complexity index is 409. The van der Waals surface area contributed by atoms with Gasteiger partial charge in [0.05, 0.1) is 19.8 Å². The van der Waals surface area contributed by atoms with Gasteiger partial charge < -0.3 is 18.9 Å². The van der Waals surface area contributed by atoms with Crippen molar-refractivity contribution in [3.8, 4) is 11.5 Å². The van der Waals surface area contributed by atoms with Crippen molar-refractivity contribution in [2.24, 2.45) is 0 Å². The predicted octanol–water partition coefficient (Wildman–Crippen LogP) is 2.77. The maximum absolute atomic E-state index is 13.1. The lowest BCUT2D eigenvalue weighted by Gasteiger charge is -2.12. The van der Waals surface area contributed by atoms with Crippen LogP contribution in [0.3, 0.4) is 0 Å². The summed E-state index contributed by atoms with van der Waals surface area (Å²) in [7, 11) is 1.53. The Hall–Kier alpha value is -1.54. The molecule has 0 radical (unpaired) electrons. The number of alkyl halides is 3. The molecule has 0 saturated carbocycles. The Kier molecular flexibility index (Phi) is 6.53. The summed E-state index contributed by atoms with van der Waals surface area (Å²) < 4.78 is 67.7. The van der Waals surface area contributed by atoms with E-state index in [0.717, 1.165) is 12.1 Å². The third kappa shape index (κ3) is 6.58.